The van der Waals surface area contributed by atoms with Gasteiger partial charge >= 0.3 is 6.61 Å². The van der Waals surface area contributed by atoms with Crippen LogP contribution in [0.15, 0.2) is 66.7 Å². The van der Waals surface area contributed by atoms with E-state index in [9.17, 15) is 23.7 Å². The van der Waals surface area contributed by atoms with E-state index in [1.165, 1.54) is 43.5 Å². The number of nitrogens with zero attached hydrogens (tertiary/aromatic N) is 1. The van der Waals surface area contributed by atoms with Gasteiger partial charge in [-0.15, -0.1) is 0 Å². The van der Waals surface area contributed by atoms with Gasteiger partial charge in [-0.1, -0.05) is 18.2 Å². The highest BCUT2D eigenvalue weighted by molar-refractivity contribution is 6.05. The number of hydrogen-bond acceptors (Lipinski definition) is 5. The number of carbonyl (C=O) groups is 1. The number of methoxy groups -OCH3 is 1. The molecule has 0 aliphatic carbocycles. The van der Waals surface area contributed by atoms with Gasteiger partial charge in [0.1, 0.15) is 11.5 Å². The van der Waals surface area contributed by atoms with E-state index in [2.05, 4.69) is 10.1 Å². The quantitative estimate of drug-likeness (QED) is 0.428. The molecule has 0 aliphatic heterocycles. The van der Waals surface area contributed by atoms with Crippen molar-refractivity contribution in [2.24, 2.45) is 0 Å². The Kier molecular flexibility index (Phi) is 6.21. The van der Waals surface area contributed by atoms with Gasteiger partial charge in [-0.2, -0.15) is 8.78 Å². The third-order valence-corrected chi connectivity index (χ3v) is 4.17. The van der Waals surface area contributed by atoms with Crippen LogP contribution < -0.4 is 14.8 Å². The summed E-state index contributed by atoms with van der Waals surface area (Å²) in [6.07, 6.45) is 0. The van der Waals surface area contributed by atoms with Gasteiger partial charge in [0, 0.05) is 28.9 Å². The summed E-state index contributed by atoms with van der Waals surface area (Å²) in [6, 6.07) is 16.1. The van der Waals surface area contributed by atoms with Gasteiger partial charge in [-0.3, -0.25) is 14.9 Å². The molecule has 30 heavy (non-hydrogen) atoms. The van der Waals surface area contributed by atoms with Gasteiger partial charge in [-0.25, -0.2) is 0 Å². The number of anilines is 1. The highest BCUT2D eigenvalue weighted by Gasteiger charge is 2.15. The number of nitro benzene ring substituents is 1. The first-order chi connectivity index (χ1) is 14.4. The minimum absolute atomic E-state index is 0.0662. The zero-order chi connectivity index (χ0) is 21.7. The van der Waals surface area contributed by atoms with E-state index in [1.807, 2.05) is 0 Å². The molecule has 0 unspecified atom stereocenters. The van der Waals surface area contributed by atoms with Gasteiger partial charge in [0.25, 0.3) is 11.6 Å². The van der Waals surface area contributed by atoms with Crippen LogP contribution in [0.1, 0.15) is 10.4 Å². The molecule has 0 saturated carbocycles. The molecular formula is C21H16F2N2O5. The molecule has 0 saturated heterocycles. The lowest BCUT2D eigenvalue weighted by molar-refractivity contribution is -0.384. The Labute approximate surface area is 170 Å². The molecule has 0 radical (unpaired) electrons. The van der Waals surface area contributed by atoms with Gasteiger partial charge in [0.2, 0.25) is 0 Å². The largest absolute Gasteiger partial charge is 0.497 e. The number of ether oxygens (including phenoxy) is 2. The Balaban J connectivity index is 1.92. The minimum atomic E-state index is -3.02. The fraction of sp³-hybridized carbons (Fsp3) is 0.0952. The van der Waals surface area contributed by atoms with Crippen LogP contribution in [0.3, 0.4) is 0 Å². The summed E-state index contributed by atoms with van der Waals surface area (Å²) in [5.74, 6) is -0.0596. The summed E-state index contributed by atoms with van der Waals surface area (Å²) in [5, 5.41) is 13.5. The van der Waals surface area contributed by atoms with Crippen LogP contribution in [0.4, 0.5) is 20.2 Å². The second-order valence-corrected chi connectivity index (χ2v) is 6.08. The number of non-ortho nitro benzene ring substituents is 1. The van der Waals surface area contributed by atoms with Crippen molar-refractivity contribution < 1.29 is 28.0 Å². The minimum Gasteiger partial charge on any atom is -0.497 e. The SMILES string of the molecule is COc1ccc(-c2cc(NC(=O)c3cccc([N+](=O)[O-])c3)ccc2OC(F)F)cc1. The van der Waals surface area contributed by atoms with Crippen LogP contribution in [0.25, 0.3) is 11.1 Å². The maximum Gasteiger partial charge on any atom is 0.387 e. The standard InChI is InChI=1S/C21H16F2N2O5/c1-29-17-8-5-13(6-9-17)18-12-15(7-10-19(18)30-21(22)23)24-20(26)14-3-2-4-16(11-14)25(27)28/h2-12,21H,1H3,(H,24,26). The predicted molar refractivity (Wildman–Crippen MR) is 106 cm³/mol. The van der Waals surface area contributed by atoms with E-state index in [1.54, 1.807) is 24.3 Å². The first-order valence-electron chi connectivity index (χ1n) is 8.66. The molecule has 0 aromatic heterocycles. The highest BCUT2D eigenvalue weighted by Crippen LogP contribution is 2.34. The molecule has 3 aromatic carbocycles. The number of alkyl halides is 2. The van der Waals surface area contributed by atoms with Crippen LogP contribution >= 0.6 is 0 Å². The summed E-state index contributed by atoms with van der Waals surface area (Å²) >= 11 is 0. The molecule has 154 valence electrons. The monoisotopic (exact) mass is 414 g/mol. The van der Waals surface area contributed by atoms with Crippen molar-refractivity contribution in [3.8, 4) is 22.6 Å². The number of carbonyl (C=O) groups excluding carboxylic acids is 1. The van der Waals surface area contributed by atoms with Crippen LogP contribution in [0.2, 0.25) is 0 Å². The lowest BCUT2D eigenvalue weighted by atomic mass is 10.0. The van der Waals surface area contributed by atoms with Crippen LogP contribution in [0, 0.1) is 10.1 Å². The van der Waals surface area contributed by atoms with Crippen LogP contribution in [-0.4, -0.2) is 24.6 Å². The number of amides is 1. The van der Waals surface area contributed by atoms with Crippen molar-refractivity contribution in [3.63, 3.8) is 0 Å². The zero-order valence-corrected chi connectivity index (χ0v) is 15.7. The van der Waals surface area contributed by atoms with Gasteiger partial charge in [-0.05, 0) is 42.0 Å². The van der Waals surface area contributed by atoms with Crippen molar-refractivity contribution in [2.45, 2.75) is 6.61 Å². The Morgan fingerprint density at radius 2 is 1.80 bits per heavy atom. The smallest absolute Gasteiger partial charge is 0.387 e. The molecule has 3 rings (SSSR count). The molecule has 9 heteroatoms. The molecule has 0 atom stereocenters. The molecule has 0 bridgehead atoms. The number of rotatable bonds is 7. The van der Waals surface area contributed by atoms with E-state index >= 15 is 0 Å². The number of nitro groups is 1. The highest BCUT2D eigenvalue weighted by atomic mass is 19.3. The first-order valence-corrected chi connectivity index (χ1v) is 8.66. The lowest BCUT2D eigenvalue weighted by Crippen LogP contribution is -2.12. The van der Waals surface area contributed by atoms with Crippen molar-refractivity contribution in [2.75, 3.05) is 12.4 Å². The molecule has 0 spiro atoms. The summed E-state index contributed by atoms with van der Waals surface area (Å²) in [6.45, 7) is -3.02. The number of halogens is 2. The van der Waals surface area contributed by atoms with E-state index in [0.29, 0.717) is 22.6 Å². The molecule has 0 fully saturated rings. The van der Waals surface area contributed by atoms with Crippen molar-refractivity contribution in [1.29, 1.82) is 0 Å². The second kappa shape index (κ2) is 8.99. The van der Waals surface area contributed by atoms with Crippen LogP contribution in [0.5, 0.6) is 11.5 Å². The predicted octanol–water partition coefficient (Wildman–Crippen LogP) is 5.12. The molecular weight excluding hydrogens is 398 g/mol. The number of benzene rings is 3. The first kappa shape index (κ1) is 20.7. The molecule has 0 aliphatic rings. The van der Waals surface area contributed by atoms with Crippen molar-refractivity contribution in [1.82, 2.24) is 0 Å². The summed E-state index contributed by atoms with van der Waals surface area (Å²) in [7, 11) is 1.50. The van der Waals surface area contributed by atoms with Crippen molar-refractivity contribution in [3.05, 3.63) is 82.4 Å². The van der Waals surface area contributed by atoms with Gasteiger partial charge in [0.05, 0.1) is 12.0 Å². The topological polar surface area (TPSA) is 90.7 Å². The van der Waals surface area contributed by atoms with Crippen molar-refractivity contribution >= 4 is 17.3 Å². The Bertz CT molecular complexity index is 1070. The fourth-order valence-corrected chi connectivity index (χ4v) is 2.77. The van der Waals surface area contributed by atoms with E-state index < -0.39 is 17.4 Å². The Morgan fingerprint density at radius 1 is 1.07 bits per heavy atom. The third-order valence-electron chi connectivity index (χ3n) is 4.17. The zero-order valence-electron chi connectivity index (χ0n) is 15.7. The van der Waals surface area contributed by atoms with Crippen LogP contribution in [-0.2, 0) is 0 Å². The summed E-state index contributed by atoms with van der Waals surface area (Å²) in [4.78, 5) is 22.8. The van der Waals surface area contributed by atoms with E-state index in [4.69, 9.17) is 4.74 Å². The average molecular weight is 414 g/mol. The lowest BCUT2D eigenvalue weighted by Gasteiger charge is -2.14. The van der Waals surface area contributed by atoms with Gasteiger partial charge < -0.3 is 14.8 Å². The average Bonchev–Trinajstić information content (AvgIpc) is 2.74. The molecule has 3 aromatic rings. The normalized spacial score (nSPS) is 10.5. The second-order valence-electron chi connectivity index (χ2n) is 6.08. The summed E-state index contributed by atoms with van der Waals surface area (Å²) in [5.41, 5.74) is 1.07. The fourth-order valence-electron chi connectivity index (χ4n) is 2.77. The van der Waals surface area contributed by atoms with E-state index in [0.717, 1.165) is 6.07 Å². The molecule has 1 amide bonds. The Hall–Kier alpha value is -4.01. The summed E-state index contributed by atoms with van der Waals surface area (Å²) < 4.78 is 35.3. The molecule has 1 N–H and O–H groups in total. The molecule has 0 heterocycles. The number of hydrogen-bond donors (Lipinski definition) is 1. The van der Waals surface area contributed by atoms with Gasteiger partial charge in [0.15, 0.2) is 0 Å². The van der Waals surface area contributed by atoms with E-state index in [-0.39, 0.29) is 17.0 Å². The molecule has 7 nitrogen and oxygen atoms in total. The number of nitrogens with one attached hydrogen (secondary N) is 1. The third kappa shape index (κ3) is 4.88. The Morgan fingerprint density at radius 3 is 2.43 bits per heavy atom. The maximum absolute atomic E-state index is 12.8. The maximum atomic E-state index is 12.8.